The SMILES string of the molecule is Cc1nc(C2CCCN(C(=O)C3CCCO3)C2)nc(C)c1CC(=O)Nc1ccc(F)cc1. The highest BCUT2D eigenvalue weighted by molar-refractivity contribution is 5.92. The van der Waals surface area contributed by atoms with Crippen molar-refractivity contribution in [3.8, 4) is 0 Å². The largest absolute Gasteiger partial charge is 0.368 e. The Labute approximate surface area is 187 Å². The summed E-state index contributed by atoms with van der Waals surface area (Å²) < 4.78 is 18.6. The summed E-state index contributed by atoms with van der Waals surface area (Å²) in [5, 5.41) is 2.78. The quantitative estimate of drug-likeness (QED) is 0.771. The number of piperidine rings is 1. The Balaban J connectivity index is 1.43. The molecule has 2 amide bonds. The zero-order chi connectivity index (χ0) is 22.7. The lowest BCUT2D eigenvalue weighted by Gasteiger charge is -2.33. The Bertz CT molecular complexity index is 966. The lowest BCUT2D eigenvalue weighted by molar-refractivity contribution is -0.142. The Hall–Kier alpha value is -2.87. The number of hydrogen-bond acceptors (Lipinski definition) is 5. The number of carbonyl (C=O) groups excluding carboxylic acids is 2. The monoisotopic (exact) mass is 440 g/mol. The van der Waals surface area contributed by atoms with Gasteiger partial charge in [-0.15, -0.1) is 0 Å². The average molecular weight is 441 g/mol. The standard InChI is InChI=1S/C24H29FN4O3/c1-15-20(13-22(30)28-19-9-7-18(25)8-10-19)16(2)27-23(26-15)17-5-3-11-29(14-17)24(31)21-6-4-12-32-21/h7-10,17,21H,3-6,11-14H2,1-2H3,(H,28,30). The maximum atomic E-state index is 13.1. The van der Waals surface area contributed by atoms with Crippen molar-refractivity contribution in [2.24, 2.45) is 0 Å². The molecule has 0 spiro atoms. The summed E-state index contributed by atoms with van der Waals surface area (Å²) in [6, 6.07) is 5.67. The maximum Gasteiger partial charge on any atom is 0.251 e. The van der Waals surface area contributed by atoms with Gasteiger partial charge in [-0.1, -0.05) is 0 Å². The van der Waals surface area contributed by atoms with E-state index in [2.05, 4.69) is 5.32 Å². The molecule has 2 aliphatic heterocycles. The van der Waals surface area contributed by atoms with Crippen molar-refractivity contribution in [3.63, 3.8) is 0 Å². The summed E-state index contributed by atoms with van der Waals surface area (Å²) in [4.78, 5) is 36.5. The van der Waals surface area contributed by atoms with E-state index in [1.54, 1.807) is 0 Å². The second kappa shape index (κ2) is 9.73. The lowest BCUT2D eigenvalue weighted by atomic mass is 9.95. The summed E-state index contributed by atoms with van der Waals surface area (Å²) in [5.41, 5.74) is 2.87. The normalized spacial score (nSPS) is 20.9. The number of ether oxygens (including phenoxy) is 1. The first-order chi connectivity index (χ1) is 15.4. The van der Waals surface area contributed by atoms with Gasteiger partial charge in [0.05, 0.1) is 6.42 Å². The summed E-state index contributed by atoms with van der Waals surface area (Å²) >= 11 is 0. The third-order valence-electron chi connectivity index (χ3n) is 6.21. The van der Waals surface area contributed by atoms with Crippen molar-refractivity contribution in [1.82, 2.24) is 14.9 Å². The fourth-order valence-electron chi connectivity index (χ4n) is 4.47. The van der Waals surface area contributed by atoms with Gasteiger partial charge in [-0.25, -0.2) is 14.4 Å². The number of hydrogen-bond donors (Lipinski definition) is 1. The Morgan fingerprint density at radius 1 is 1.12 bits per heavy atom. The van der Waals surface area contributed by atoms with Gasteiger partial charge >= 0.3 is 0 Å². The van der Waals surface area contributed by atoms with E-state index in [0.717, 1.165) is 55.0 Å². The third-order valence-corrected chi connectivity index (χ3v) is 6.21. The van der Waals surface area contributed by atoms with Gasteiger partial charge in [-0.3, -0.25) is 9.59 Å². The molecule has 2 atom stereocenters. The van der Waals surface area contributed by atoms with Crippen LogP contribution in [-0.2, 0) is 20.7 Å². The van der Waals surface area contributed by atoms with Crippen molar-refractivity contribution in [3.05, 3.63) is 52.9 Å². The number of nitrogens with one attached hydrogen (secondary N) is 1. The predicted molar refractivity (Wildman–Crippen MR) is 118 cm³/mol. The minimum absolute atomic E-state index is 0.0774. The van der Waals surface area contributed by atoms with E-state index in [-0.39, 0.29) is 36.1 Å². The number of rotatable bonds is 5. The van der Waals surface area contributed by atoms with Crippen molar-refractivity contribution >= 4 is 17.5 Å². The highest BCUT2D eigenvalue weighted by atomic mass is 19.1. The number of likely N-dealkylation sites (tertiary alicyclic amines) is 1. The van der Waals surface area contributed by atoms with Crippen molar-refractivity contribution in [2.45, 2.75) is 58.0 Å². The Morgan fingerprint density at radius 2 is 1.84 bits per heavy atom. The predicted octanol–water partition coefficient (Wildman–Crippen LogP) is 3.30. The fraction of sp³-hybridized carbons (Fsp3) is 0.500. The molecule has 1 aromatic carbocycles. The fourth-order valence-corrected chi connectivity index (χ4v) is 4.47. The maximum absolute atomic E-state index is 13.1. The number of anilines is 1. The molecule has 2 unspecified atom stereocenters. The number of aryl methyl sites for hydroxylation is 2. The zero-order valence-corrected chi connectivity index (χ0v) is 18.6. The third kappa shape index (κ3) is 5.12. The van der Waals surface area contributed by atoms with Crippen LogP contribution in [-0.4, -0.2) is 52.5 Å². The Kier molecular flexibility index (Phi) is 6.79. The molecule has 0 bridgehead atoms. The smallest absolute Gasteiger partial charge is 0.251 e. The van der Waals surface area contributed by atoms with Crippen molar-refractivity contribution < 1.29 is 18.7 Å². The van der Waals surface area contributed by atoms with E-state index >= 15 is 0 Å². The van der Waals surface area contributed by atoms with E-state index in [0.29, 0.717) is 18.8 Å². The van der Waals surface area contributed by atoms with Gasteiger partial charge in [0, 0.05) is 48.3 Å². The lowest BCUT2D eigenvalue weighted by Crippen LogP contribution is -2.44. The molecule has 2 fully saturated rings. The molecule has 0 radical (unpaired) electrons. The molecule has 2 aromatic rings. The van der Waals surface area contributed by atoms with Gasteiger partial charge < -0.3 is 15.0 Å². The second-order valence-electron chi connectivity index (χ2n) is 8.59. The first-order valence-electron chi connectivity index (χ1n) is 11.2. The molecule has 0 saturated carbocycles. The molecule has 4 rings (SSSR count). The van der Waals surface area contributed by atoms with Crippen LogP contribution in [0.1, 0.15) is 54.4 Å². The highest BCUT2D eigenvalue weighted by Gasteiger charge is 2.33. The van der Waals surface area contributed by atoms with Crippen LogP contribution in [0.15, 0.2) is 24.3 Å². The van der Waals surface area contributed by atoms with Crippen LogP contribution in [0.25, 0.3) is 0 Å². The molecular formula is C24H29FN4O3. The van der Waals surface area contributed by atoms with Gasteiger partial charge in [-0.05, 0) is 63.8 Å². The summed E-state index contributed by atoms with van der Waals surface area (Å²) in [5.74, 6) is 0.332. The van der Waals surface area contributed by atoms with Crippen molar-refractivity contribution in [2.75, 3.05) is 25.0 Å². The van der Waals surface area contributed by atoms with Gasteiger partial charge in [0.25, 0.3) is 5.91 Å². The van der Waals surface area contributed by atoms with Gasteiger partial charge in [0.2, 0.25) is 5.91 Å². The van der Waals surface area contributed by atoms with Crippen molar-refractivity contribution in [1.29, 1.82) is 0 Å². The molecule has 7 nitrogen and oxygen atoms in total. The summed E-state index contributed by atoms with van der Waals surface area (Å²) in [6.45, 7) is 5.77. The van der Waals surface area contributed by atoms with Gasteiger partial charge in [0.15, 0.2) is 0 Å². The number of halogens is 1. The molecule has 8 heteroatoms. The minimum atomic E-state index is -0.350. The van der Waals surface area contributed by atoms with E-state index < -0.39 is 0 Å². The first kappa shape index (κ1) is 22.3. The number of nitrogens with zero attached hydrogens (tertiary/aromatic N) is 3. The van der Waals surface area contributed by atoms with Crippen LogP contribution in [0.2, 0.25) is 0 Å². The van der Waals surface area contributed by atoms with Gasteiger partial charge in [0.1, 0.15) is 17.7 Å². The number of carbonyl (C=O) groups is 2. The number of amides is 2. The molecule has 170 valence electrons. The van der Waals surface area contributed by atoms with E-state index in [1.165, 1.54) is 24.3 Å². The zero-order valence-electron chi connectivity index (χ0n) is 18.6. The van der Waals surface area contributed by atoms with E-state index in [4.69, 9.17) is 14.7 Å². The van der Waals surface area contributed by atoms with Crippen LogP contribution in [0.4, 0.5) is 10.1 Å². The number of aromatic nitrogens is 2. The van der Waals surface area contributed by atoms with E-state index in [9.17, 15) is 14.0 Å². The molecule has 32 heavy (non-hydrogen) atoms. The van der Waals surface area contributed by atoms with Crippen LogP contribution in [0.3, 0.4) is 0 Å². The molecule has 1 aromatic heterocycles. The summed E-state index contributed by atoms with van der Waals surface area (Å²) in [7, 11) is 0. The molecule has 1 N–H and O–H groups in total. The molecule has 2 saturated heterocycles. The summed E-state index contributed by atoms with van der Waals surface area (Å²) in [6.07, 6.45) is 3.41. The highest BCUT2D eigenvalue weighted by Crippen LogP contribution is 2.28. The molecule has 3 heterocycles. The second-order valence-corrected chi connectivity index (χ2v) is 8.59. The molecule has 2 aliphatic rings. The molecule has 0 aliphatic carbocycles. The van der Waals surface area contributed by atoms with Gasteiger partial charge in [-0.2, -0.15) is 0 Å². The average Bonchev–Trinajstić information content (AvgIpc) is 3.32. The van der Waals surface area contributed by atoms with E-state index in [1.807, 2.05) is 18.7 Å². The number of benzene rings is 1. The molecular weight excluding hydrogens is 411 g/mol. The topological polar surface area (TPSA) is 84.4 Å². The van der Waals surface area contributed by atoms with Crippen LogP contribution >= 0.6 is 0 Å². The van der Waals surface area contributed by atoms with Crippen LogP contribution in [0.5, 0.6) is 0 Å². The first-order valence-corrected chi connectivity index (χ1v) is 11.2. The van der Waals surface area contributed by atoms with Crippen LogP contribution < -0.4 is 5.32 Å². The Morgan fingerprint density at radius 3 is 2.50 bits per heavy atom. The minimum Gasteiger partial charge on any atom is -0.368 e. The van der Waals surface area contributed by atoms with Crippen LogP contribution in [0, 0.1) is 19.7 Å².